The second-order valence-electron chi connectivity index (χ2n) is 10.5. The SMILES string of the molecule is COc1cc(-c2oc3cc(O)cc(O)c3c(=O)c2O[C@@H]2OC(CO[C@@H]3OC(C)[C@H](O)[C@@H](O)C3O)[C@@H](O)[C@@H](O)C2O)ccc1O. The van der Waals surface area contributed by atoms with Crippen LogP contribution >= 0.6 is 0 Å². The zero-order valence-electron chi connectivity index (χ0n) is 23.3. The molecule has 240 valence electrons. The van der Waals surface area contributed by atoms with Crippen LogP contribution in [-0.4, -0.2) is 121 Å². The quantitative estimate of drug-likeness (QED) is 0.147. The summed E-state index contributed by atoms with van der Waals surface area (Å²) in [6, 6.07) is 5.83. The highest BCUT2D eigenvalue weighted by molar-refractivity contribution is 5.88. The minimum Gasteiger partial charge on any atom is -0.508 e. The van der Waals surface area contributed by atoms with Gasteiger partial charge < -0.3 is 74.1 Å². The first-order chi connectivity index (χ1) is 20.8. The lowest BCUT2D eigenvalue weighted by Gasteiger charge is -2.42. The van der Waals surface area contributed by atoms with Gasteiger partial charge in [0, 0.05) is 17.7 Å². The van der Waals surface area contributed by atoms with Gasteiger partial charge >= 0.3 is 0 Å². The summed E-state index contributed by atoms with van der Waals surface area (Å²) in [5.74, 6) is -2.28. The highest BCUT2D eigenvalue weighted by Gasteiger charge is 2.47. The number of hydrogen-bond donors (Lipinski definition) is 9. The fourth-order valence-electron chi connectivity index (χ4n) is 4.99. The number of phenols is 3. The predicted molar refractivity (Wildman–Crippen MR) is 145 cm³/mol. The molecule has 10 atom stereocenters. The van der Waals surface area contributed by atoms with Crippen LogP contribution in [0, 0.1) is 0 Å². The molecule has 9 N–H and O–H groups in total. The molecule has 44 heavy (non-hydrogen) atoms. The van der Waals surface area contributed by atoms with E-state index in [1.54, 1.807) is 0 Å². The summed E-state index contributed by atoms with van der Waals surface area (Å²) in [7, 11) is 1.28. The summed E-state index contributed by atoms with van der Waals surface area (Å²) in [6.45, 7) is 0.845. The van der Waals surface area contributed by atoms with Gasteiger partial charge in [0.25, 0.3) is 0 Å². The molecular formula is C28H32O16. The molecule has 3 aromatic rings. The molecule has 0 bridgehead atoms. The van der Waals surface area contributed by atoms with Crippen LogP contribution in [0.15, 0.2) is 39.5 Å². The molecule has 16 heteroatoms. The average molecular weight is 625 g/mol. The van der Waals surface area contributed by atoms with E-state index in [1.165, 1.54) is 32.2 Å². The minimum atomic E-state index is -1.94. The van der Waals surface area contributed by atoms with E-state index in [9.17, 15) is 50.8 Å². The van der Waals surface area contributed by atoms with Crippen molar-refractivity contribution in [1.29, 1.82) is 0 Å². The number of fused-ring (bicyclic) bond motifs is 1. The Morgan fingerprint density at radius 2 is 1.48 bits per heavy atom. The van der Waals surface area contributed by atoms with E-state index in [4.69, 9.17) is 28.1 Å². The van der Waals surface area contributed by atoms with Crippen LogP contribution in [0.3, 0.4) is 0 Å². The van der Waals surface area contributed by atoms with Crippen LogP contribution in [0.25, 0.3) is 22.3 Å². The van der Waals surface area contributed by atoms with Crippen LogP contribution in [0.5, 0.6) is 28.7 Å². The fourth-order valence-corrected chi connectivity index (χ4v) is 4.99. The molecule has 0 amide bonds. The van der Waals surface area contributed by atoms with Gasteiger partial charge in [-0.25, -0.2) is 0 Å². The first kappa shape index (κ1) is 31.7. The van der Waals surface area contributed by atoms with Crippen molar-refractivity contribution >= 4 is 11.0 Å². The Kier molecular flexibility index (Phi) is 8.90. The van der Waals surface area contributed by atoms with E-state index in [0.717, 1.165) is 12.1 Å². The lowest BCUT2D eigenvalue weighted by Crippen LogP contribution is -2.61. The van der Waals surface area contributed by atoms with E-state index in [2.05, 4.69) is 0 Å². The van der Waals surface area contributed by atoms with Crippen molar-refractivity contribution in [2.75, 3.05) is 13.7 Å². The summed E-state index contributed by atoms with van der Waals surface area (Å²) in [5, 5.41) is 92.1. The van der Waals surface area contributed by atoms with E-state index < -0.39 is 96.1 Å². The maximum atomic E-state index is 13.7. The third-order valence-electron chi connectivity index (χ3n) is 7.50. The molecule has 2 aliphatic heterocycles. The Morgan fingerprint density at radius 1 is 0.795 bits per heavy atom. The number of hydrogen-bond acceptors (Lipinski definition) is 16. The Morgan fingerprint density at radius 3 is 2.18 bits per heavy atom. The summed E-state index contributed by atoms with van der Waals surface area (Å²) in [4.78, 5) is 13.7. The highest BCUT2D eigenvalue weighted by Crippen LogP contribution is 2.39. The Bertz CT molecular complexity index is 1560. The molecule has 2 fully saturated rings. The monoisotopic (exact) mass is 624 g/mol. The maximum Gasteiger partial charge on any atom is 0.239 e. The van der Waals surface area contributed by atoms with E-state index >= 15 is 0 Å². The van der Waals surface area contributed by atoms with Gasteiger partial charge in [-0.15, -0.1) is 0 Å². The van der Waals surface area contributed by atoms with Crippen molar-refractivity contribution < 1.29 is 74.1 Å². The van der Waals surface area contributed by atoms with Crippen molar-refractivity contribution in [2.45, 2.75) is 68.3 Å². The number of methoxy groups -OCH3 is 1. The standard InChI is InChI=1S/C28H32O16/c1-9-18(32)21(35)23(37)27(41-9)40-8-16-19(33)22(36)24(38)28(43-16)44-26-20(34)17-13(31)6-11(29)7-15(17)42-25(26)10-3-4-12(30)14(5-10)39-2/h3-7,9,16,18-19,21-24,27-33,35-38H,8H2,1-2H3/t9?,16?,18-,19+,21+,22+,23?,24?,27+,28-/m0/s1. The molecule has 2 aromatic carbocycles. The zero-order valence-corrected chi connectivity index (χ0v) is 23.3. The van der Waals surface area contributed by atoms with Gasteiger partial charge in [0.15, 0.2) is 23.5 Å². The van der Waals surface area contributed by atoms with E-state index in [1.807, 2.05) is 0 Å². The second kappa shape index (κ2) is 12.4. The molecule has 0 spiro atoms. The largest absolute Gasteiger partial charge is 0.508 e. The lowest BCUT2D eigenvalue weighted by atomic mass is 9.98. The molecule has 1 aromatic heterocycles. The molecule has 2 saturated heterocycles. The van der Waals surface area contributed by atoms with Gasteiger partial charge in [-0.1, -0.05) is 0 Å². The van der Waals surface area contributed by atoms with Gasteiger partial charge in [0.2, 0.25) is 17.5 Å². The molecule has 4 unspecified atom stereocenters. The molecule has 0 radical (unpaired) electrons. The van der Waals surface area contributed by atoms with Gasteiger partial charge in [-0.3, -0.25) is 4.79 Å². The number of aliphatic hydroxyl groups is 6. The van der Waals surface area contributed by atoms with Crippen molar-refractivity contribution in [3.63, 3.8) is 0 Å². The van der Waals surface area contributed by atoms with Crippen LogP contribution in [0.4, 0.5) is 0 Å². The van der Waals surface area contributed by atoms with Crippen molar-refractivity contribution in [3.8, 4) is 40.1 Å². The van der Waals surface area contributed by atoms with E-state index in [-0.39, 0.29) is 28.4 Å². The van der Waals surface area contributed by atoms with Crippen LogP contribution in [0.2, 0.25) is 0 Å². The van der Waals surface area contributed by atoms with Crippen LogP contribution < -0.4 is 14.9 Å². The molecular weight excluding hydrogens is 592 g/mol. The Labute approximate surface area is 248 Å². The third kappa shape index (κ3) is 5.74. The summed E-state index contributed by atoms with van der Waals surface area (Å²) in [5.41, 5.74) is -1.11. The molecule has 3 heterocycles. The lowest BCUT2D eigenvalue weighted by molar-refractivity contribution is -0.318. The zero-order chi connectivity index (χ0) is 32.0. The highest BCUT2D eigenvalue weighted by atomic mass is 16.7. The number of benzene rings is 2. The van der Waals surface area contributed by atoms with Gasteiger partial charge in [-0.05, 0) is 25.1 Å². The molecule has 2 aliphatic rings. The third-order valence-corrected chi connectivity index (χ3v) is 7.50. The second-order valence-corrected chi connectivity index (χ2v) is 10.5. The molecule has 5 rings (SSSR count). The number of aliphatic hydroxyl groups excluding tert-OH is 6. The van der Waals surface area contributed by atoms with Gasteiger partial charge in [0.05, 0.1) is 19.8 Å². The minimum absolute atomic E-state index is 0.0151. The topological polar surface area (TPSA) is 258 Å². The maximum absolute atomic E-state index is 13.7. The molecule has 0 aliphatic carbocycles. The normalized spacial score (nSPS) is 32.5. The fraction of sp³-hybridized carbons (Fsp3) is 0.464. The van der Waals surface area contributed by atoms with Gasteiger partial charge in [0.1, 0.15) is 65.2 Å². The summed E-state index contributed by atoms with van der Waals surface area (Å²) >= 11 is 0. The average Bonchev–Trinajstić information content (AvgIpc) is 2.98. The molecule has 0 saturated carbocycles. The number of ether oxygens (including phenoxy) is 5. The number of phenolic OH excluding ortho intramolecular Hbond substituents is 3. The number of rotatable bonds is 7. The van der Waals surface area contributed by atoms with Crippen molar-refractivity contribution in [1.82, 2.24) is 0 Å². The van der Waals surface area contributed by atoms with Crippen LogP contribution in [0.1, 0.15) is 6.92 Å². The van der Waals surface area contributed by atoms with Crippen molar-refractivity contribution in [3.05, 3.63) is 40.6 Å². The first-order valence-corrected chi connectivity index (χ1v) is 13.4. The summed E-state index contributed by atoms with van der Waals surface area (Å²) in [6.07, 6.45) is -16.0. The summed E-state index contributed by atoms with van der Waals surface area (Å²) < 4.78 is 33.2. The predicted octanol–water partition coefficient (Wildman–Crippen LogP) is -1.38. The Balaban J connectivity index is 1.49. The van der Waals surface area contributed by atoms with Gasteiger partial charge in [-0.2, -0.15) is 0 Å². The number of aromatic hydroxyl groups is 3. The smallest absolute Gasteiger partial charge is 0.239 e. The van der Waals surface area contributed by atoms with Crippen LogP contribution in [-0.2, 0) is 14.2 Å². The van der Waals surface area contributed by atoms with E-state index in [0.29, 0.717) is 0 Å². The Hall–Kier alpha value is -3.71. The van der Waals surface area contributed by atoms with Crippen molar-refractivity contribution in [2.24, 2.45) is 0 Å². The molecule has 16 nitrogen and oxygen atoms in total. The first-order valence-electron chi connectivity index (χ1n) is 13.4.